The van der Waals surface area contributed by atoms with Gasteiger partial charge < -0.3 is 15.4 Å². The molecule has 0 aliphatic carbocycles. The van der Waals surface area contributed by atoms with Crippen LogP contribution in [0.4, 0.5) is 0 Å². The highest BCUT2D eigenvalue weighted by Gasteiger charge is 2.15. The highest BCUT2D eigenvalue weighted by atomic mass is 32.2. The SMILES string of the molecule is CCNC(=NCC(C)(C)OC)NCC(C)SC. The molecule has 2 N–H and O–H groups in total. The summed E-state index contributed by atoms with van der Waals surface area (Å²) < 4.78 is 5.35. The van der Waals surface area contributed by atoms with Crippen LogP contribution >= 0.6 is 11.8 Å². The molecular formula is C12H27N3OS. The third kappa shape index (κ3) is 8.32. The zero-order valence-corrected chi connectivity index (χ0v) is 12.8. The van der Waals surface area contributed by atoms with Crippen LogP contribution in [0.25, 0.3) is 0 Å². The van der Waals surface area contributed by atoms with Crippen LogP contribution < -0.4 is 10.6 Å². The number of methoxy groups -OCH3 is 1. The first-order valence-electron chi connectivity index (χ1n) is 6.05. The maximum atomic E-state index is 5.35. The van der Waals surface area contributed by atoms with E-state index in [1.807, 2.05) is 25.6 Å². The normalized spacial score (nSPS) is 14.6. The summed E-state index contributed by atoms with van der Waals surface area (Å²) in [5.74, 6) is 0.860. The van der Waals surface area contributed by atoms with Gasteiger partial charge in [-0.2, -0.15) is 11.8 Å². The number of thioether (sulfide) groups is 1. The summed E-state index contributed by atoms with van der Waals surface area (Å²) in [5.41, 5.74) is -0.215. The lowest BCUT2D eigenvalue weighted by Gasteiger charge is -2.21. The highest BCUT2D eigenvalue weighted by molar-refractivity contribution is 7.99. The van der Waals surface area contributed by atoms with Gasteiger partial charge in [-0.05, 0) is 27.0 Å². The van der Waals surface area contributed by atoms with E-state index in [2.05, 4.69) is 35.7 Å². The van der Waals surface area contributed by atoms with Crippen molar-refractivity contribution in [2.45, 2.75) is 38.5 Å². The number of hydrogen-bond donors (Lipinski definition) is 2. The topological polar surface area (TPSA) is 45.7 Å². The number of hydrogen-bond acceptors (Lipinski definition) is 3. The monoisotopic (exact) mass is 261 g/mol. The first-order valence-corrected chi connectivity index (χ1v) is 7.34. The minimum absolute atomic E-state index is 0.215. The molecule has 102 valence electrons. The van der Waals surface area contributed by atoms with E-state index in [1.165, 1.54) is 0 Å². The van der Waals surface area contributed by atoms with E-state index in [9.17, 15) is 0 Å². The quantitative estimate of drug-likeness (QED) is 0.541. The van der Waals surface area contributed by atoms with E-state index in [0.29, 0.717) is 11.8 Å². The van der Waals surface area contributed by atoms with Crippen LogP contribution in [-0.4, -0.2) is 49.8 Å². The van der Waals surface area contributed by atoms with Crippen LogP contribution in [0.1, 0.15) is 27.7 Å². The third-order valence-electron chi connectivity index (χ3n) is 2.47. The lowest BCUT2D eigenvalue weighted by molar-refractivity contribution is 0.0311. The van der Waals surface area contributed by atoms with Gasteiger partial charge in [-0.1, -0.05) is 6.92 Å². The zero-order valence-electron chi connectivity index (χ0n) is 12.0. The predicted molar refractivity (Wildman–Crippen MR) is 78.0 cm³/mol. The molecule has 4 nitrogen and oxygen atoms in total. The summed E-state index contributed by atoms with van der Waals surface area (Å²) in [4.78, 5) is 4.52. The smallest absolute Gasteiger partial charge is 0.191 e. The van der Waals surface area contributed by atoms with Gasteiger partial charge in [0.15, 0.2) is 5.96 Å². The molecule has 1 atom stereocenters. The van der Waals surface area contributed by atoms with Crippen molar-refractivity contribution in [3.8, 4) is 0 Å². The molecule has 1 unspecified atom stereocenters. The van der Waals surface area contributed by atoms with Crippen molar-refractivity contribution in [2.75, 3.05) is 33.0 Å². The maximum Gasteiger partial charge on any atom is 0.191 e. The van der Waals surface area contributed by atoms with E-state index in [1.54, 1.807) is 7.11 Å². The Morgan fingerprint density at radius 3 is 2.53 bits per heavy atom. The maximum absolute atomic E-state index is 5.35. The van der Waals surface area contributed by atoms with Crippen LogP contribution in [0, 0.1) is 0 Å². The molecule has 17 heavy (non-hydrogen) atoms. The van der Waals surface area contributed by atoms with Crippen LogP contribution in [0.2, 0.25) is 0 Å². The van der Waals surface area contributed by atoms with Crippen molar-refractivity contribution in [3.63, 3.8) is 0 Å². The van der Waals surface area contributed by atoms with Gasteiger partial charge in [-0.3, -0.25) is 4.99 Å². The molecule has 0 aromatic carbocycles. The zero-order chi connectivity index (χ0) is 13.3. The van der Waals surface area contributed by atoms with Gasteiger partial charge in [-0.25, -0.2) is 0 Å². The molecule has 0 aromatic heterocycles. The fourth-order valence-corrected chi connectivity index (χ4v) is 1.25. The van der Waals surface area contributed by atoms with Gasteiger partial charge in [0.2, 0.25) is 0 Å². The van der Waals surface area contributed by atoms with E-state index >= 15 is 0 Å². The summed E-state index contributed by atoms with van der Waals surface area (Å²) in [7, 11) is 1.71. The number of ether oxygens (including phenoxy) is 1. The Balaban J connectivity index is 4.25. The summed E-state index contributed by atoms with van der Waals surface area (Å²) in [6.45, 7) is 10.8. The molecular weight excluding hydrogens is 234 g/mol. The molecule has 0 heterocycles. The molecule has 0 saturated heterocycles. The van der Waals surface area contributed by atoms with E-state index in [-0.39, 0.29) is 5.60 Å². The fourth-order valence-electron chi connectivity index (χ4n) is 0.999. The van der Waals surface area contributed by atoms with Crippen molar-refractivity contribution >= 4 is 17.7 Å². The van der Waals surface area contributed by atoms with E-state index < -0.39 is 0 Å². The Morgan fingerprint density at radius 1 is 1.41 bits per heavy atom. The van der Waals surface area contributed by atoms with Gasteiger partial charge in [0, 0.05) is 25.4 Å². The first kappa shape index (κ1) is 16.6. The molecule has 0 aromatic rings. The average Bonchev–Trinajstić information content (AvgIpc) is 2.32. The molecule has 0 aliphatic heterocycles. The Labute approximate surface area is 110 Å². The van der Waals surface area contributed by atoms with Gasteiger partial charge in [0.1, 0.15) is 0 Å². The Hall–Kier alpha value is -0.420. The fraction of sp³-hybridized carbons (Fsp3) is 0.917. The van der Waals surface area contributed by atoms with Crippen molar-refractivity contribution < 1.29 is 4.74 Å². The lowest BCUT2D eigenvalue weighted by Crippen LogP contribution is -2.41. The number of nitrogens with one attached hydrogen (secondary N) is 2. The highest BCUT2D eigenvalue weighted by Crippen LogP contribution is 2.07. The summed E-state index contributed by atoms with van der Waals surface area (Å²) in [5, 5.41) is 7.14. The van der Waals surface area contributed by atoms with Gasteiger partial charge in [0.25, 0.3) is 0 Å². The molecule has 0 aliphatic rings. The van der Waals surface area contributed by atoms with Gasteiger partial charge in [0.05, 0.1) is 12.1 Å². The molecule has 0 amide bonds. The predicted octanol–water partition coefficient (Wildman–Crippen LogP) is 1.72. The minimum Gasteiger partial charge on any atom is -0.377 e. The Morgan fingerprint density at radius 2 is 2.06 bits per heavy atom. The number of guanidine groups is 1. The minimum atomic E-state index is -0.215. The third-order valence-corrected chi connectivity index (χ3v) is 3.45. The molecule has 0 rings (SSSR count). The molecule has 0 fully saturated rings. The van der Waals surface area contributed by atoms with Crippen LogP contribution in [0.3, 0.4) is 0 Å². The number of aliphatic imine (C=N–C) groups is 1. The second kappa shape index (κ2) is 8.64. The van der Waals surface area contributed by atoms with Crippen molar-refractivity contribution in [1.82, 2.24) is 10.6 Å². The van der Waals surface area contributed by atoms with Gasteiger partial charge >= 0.3 is 0 Å². The average molecular weight is 261 g/mol. The summed E-state index contributed by atoms with van der Waals surface area (Å²) in [6, 6.07) is 0. The van der Waals surface area contributed by atoms with Crippen molar-refractivity contribution in [1.29, 1.82) is 0 Å². The standard InChI is InChI=1S/C12H27N3OS/c1-7-13-11(14-8-10(2)17-6)15-9-12(3,4)16-5/h10H,7-9H2,1-6H3,(H2,13,14,15). The van der Waals surface area contributed by atoms with Crippen LogP contribution in [0.15, 0.2) is 4.99 Å². The molecule has 0 spiro atoms. The number of nitrogens with zero attached hydrogens (tertiary/aromatic N) is 1. The second-order valence-electron chi connectivity index (χ2n) is 4.59. The van der Waals surface area contributed by atoms with Crippen molar-refractivity contribution in [3.05, 3.63) is 0 Å². The Bertz CT molecular complexity index is 232. The van der Waals surface area contributed by atoms with Crippen molar-refractivity contribution in [2.24, 2.45) is 4.99 Å². The van der Waals surface area contributed by atoms with Crippen LogP contribution in [-0.2, 0) is 4.74 Å². The molecule has 5 heteroatoms. The first-order chi connectivity index (χ1) is 7.95. The van der Waals surface area contributed by atoms with E-state index in [4.69, 9.17) is 4.74 Å². The number of rotatable bonds is 7. The van der Waals surface area contributed by atoms with Crippen LogP contribution in [0.5, 0.6) is 0 Å². The van der Waals surface area contributed by atoms with E-state index in [0.717, 1.165) is 19.0 Å². The largest absolute Gasteiger partial charge is 0.377 e. The summed E-state index contributed by atoms with van der Waals surface area (Å²) in [6.07, 6.45) is 2.12. The van der Waals surface area contributed by atoms with Gasteiger partial charge in [-0.15, -0.1) is 0 Å². The lowest BCUT2D eigenvalue weighted by atomic mass is 10.1. The summed E-state index contributed by atoms with van der Waals surface area (Å²) >= 11 is 1.84. The molecule has 0 radical (unpaired) electrons. The molecule has 0 saturated carbocycles. The molecule has 0 bridgehead atoms. The Kier molecular flexibility index (Phi) is 8.43. The second-order valence-corrected chi connectivity index (χ2v) is 5.86.